The first-order valence-electron chi connectivity index (χ1n) is 4.53. The summed E-state index contributed by atoms with van der Waals surface area (Å²) in [5.74, 6) is -0.684. The number of carbonyl (C=O) groups is 1. The Bertz CT molecular complexity index is 323. The van der Waals surface area contributed by atoms with E-state index in [2.05, 4.69) is 19.1 Å². The van der Waals surface area contributed by atoms with Crippen molar-refractivity contribution in [1.29, 1.82) is 0 Å². The molecule has 0 radical (unpaired) electrons. The third kappa shape index (κ3) is 3.69. The van der Waals surface area contributed by atoms with Gasteiger partial charge >= 0.3 is 94.5 Å². The summed E-state index contributed by atoms with van der Waals surface area (Å²) < 4.78 is 1.71. The molecule has 0 spiro atoms. The Morgan fingerprint density at radius 3 is 2.71 bits per heavy atom. The van der Waals surface area contributed by atoms with Crippen molar-refractivity contribution in [3.8, 4) is 0 Å². The molecule has 1 aromatic carbocycles. The summed E-state index contributed by atoms with van der Waals surface area (Å²) in [4.78, 5) is 10.5. The molecule has 1 unspecified atom stereocenters. The standard InChI is InChI=1S/C11H14O2Te/c1-8-5-3-4-6-10(8)14-9(2)7-11(12)13/h3-6,9H,7H2,1-2H3,(H,12,13). The summed E-state index contributed by atoms with van der Waals surface area (Å²) in [6.45, 7) is 4.12. The van der Waals surface area contributed by atoms with Gasteiger partial charge < -0.3 is 0 Å². The Morgan fingerprint density at radius 1 is 1.50 bits per heavy atom. The van der Waals surface area contributed by atoms with Crippen LogP contribution in [-0.4, -0.2) is 32.0 Å². The summed E-state index contributed by atoms with van der Waals surface area (Å²) in [7, 11) is 0. The summed E-state index contributed by atoms with van der Waals surface area (Å²) in [5.41, 5.74) is 1.30. The average molecular weight is 306 g/mol. The van der Waals surface area contributed by atoms with Gasteiger partial charge in [0.1, 0.15) is 0 Å². The second kappa shape index (κ2) is 5.38. The number of hydrogen-bond acceptors (Lipinski definition) is 1. The predicted molar refractivity (Wildman–Crippen MR) is 58.2 cm³/mol. The van der Waals surface area contributed by atoms with Crippen LogP contribution in [0.4, 0.5) is 0 Å². The van der Waals surface area contributed by atoms with Crippen molar-refractivity contribution < 1.29 is 9.90 Å². The van der Waals surface area contributed by atoms with E-state index in [1.54, 1.807) is 0 Å². The topological polar surface area (TPSA) is 37.3 Å². The zero-order chi connectivity index (χ0) is 10.6. The van der Waals surface area contributed by atoms with Gasteiger partial charge in [-0.05, 0) is 0 Å². The predicted octanol–water partition coefficient (Wildman–Crippen LogP) is 1.61. The van der Waals surface area contributed by atoms with Crippen molar-refractivity contribution in [3.05, 3.63) is 29.8 Å². The SMILES string of the molecule is Cc1ccccc1[Te]C(C)CC(=O)O. The van der Waals surface area contributed by atoms with Crippen LogP contribution in [0.5, 0.6) is 0 Å². The monoisotopic (exact) mass is 308 g/mol. The molecule has 0 saturated carbocycles. The summed E-state index contributed by atoms with van der Waals surface area (Å²) >= 11 is -0.357. The van der Waals surface area contributed by atoms with E-state index >= 15 is 0 Å². The van der Waals surface area contributed by atoms with Crippen molar-refractivity contribution in [3.63, 3.8) is 0 Å². The molecule has 1 N–H and O–H groups in total. The minimum absolute atomic E-state index is 0.302. The van der Waals surface area contributed by atoms with E-state index in [1.807, 2.05) is 19.1 Å². The minimum atomic E-state index is -0.684. The summed E-state index contributed by atoms with van der Waals surface area (Å²) in [6.07, 6.45) is 0.302. The molecule has 0 saturated heterocycles. The normalized spacial score (nSPS) is 12.4. The van der Waals surface area contributed by atoms with Crippen molar-refractivity contribution >= 4 is 30.5 Å². The van der Waals surface area contributed by atoms with E-state index in [4.69, 9.17) is 5.11 Å². The Labute approximate surface area is 94.4 Å². The van der Waals surface area contributed by atoms with E-state index in [0.29, 0.717) is 10.4 Å². The Hall–Kier alpha value is -0.520. The molecule has 2 nitrogen and oxygen atoms in total. The van der Waals surface area contributed by atoms with Crippen LogP contribution in [0.3, 0.4) is 0 Å². The number of aryl methyl sites for hydroxylation is 1. The summed E-state index contributed by atoms with van der Waals surface area (Å²) in [5, 5.41) is 8.65. The molecule has 0 bridgehead atoms. The van der Waals surface area contributed by atoms with Gasteiger partial charge in [0.05, 0.1) is 0 Å². The second-order valence-electron chi connectivity index (χ2n) is 3.29. The first kappa shape index (κ1) is 11.6. The first-order chi connectivity index (χ1) is 6.59. The molecule has 0 fully saturated rings. The van der Waals surface area contributed by atoms with Gasteiger partial charge in [-0.25, -0.2) is 0 Å². The zero-order valence-electron chi connectivity index (χ0n) is 8.36. The molecule has 0 heterocycles. The van der Waals surface area contributed by atoms with Crippen molar-refractivity contribution in [1.82, 2.24) is 0 Å². The van der Waals surface area contributed by atoms with Crippen LogP contribution in [-0.2, 0) is 4.79 Å². The second-order valence-corrected chi connectivity index (χ2v) is 7.52. The zero-order valence-corrected chi connectivity index (χ0v) is 10.7. The number of aliphatic carboxylic acids is 1. The molecule has 0 aromatic heterocycles. The van der Waals surface area contributed by atoms with Crippen LogP contribution >= 0.6 is 0 Å². The van der Waals surface area contributed by atoms with Crippen LogP contribution in [0.15, 0.2) is 24.3 Å². The van der Waals surface area contributed by atoms with Crippen LogP contribution in [0, 0.1) is 6.92 Å². The van der Waals surface area contributed by atoms with E-state index in [9.17, 15) is 4.79 Å². The Morgan fingerprint density at radius 2 is 2.14 bits per heavy atom. The molecule has 1 rings (SSSR count). The van der Waals surface area contributed by atoms with Gasteiger partial charge in [-0.2, -0.15) is 0 Å². The van der Waals surface area contributed by atoms with Gasteiger partial charge in [0.15, 0.2) is 0 Å². The van der Waals surface area contributed by atoms with E-state index < -0.39 is 5.97 Å². The third-order valence-corrected chi connectivity index (χ3v) is 5.54. The van der Waals surface area contributed by atoms with E-state index in [-0.39, 0.29) is 20.9 Å². The van der Waals surface area contributed by atoms with E-state index in [1.165, 1.54) is 9.17 Å². The Kier molecular flexibility index (Phi) is 4.44. The number of rotatable bonds is 4. The fourth-order valence-electron chi connectivity index (χ4n) is 1.19. The van der Waals surface area contributed by atoms with Gasteiger partial charge in [0.25, 0.3) is 0 Å². The summed E-state index contributed by atoms with van der Waals surface area (Å²) in [6, 6.07) is 8.26. The maximum absolute atomic E-state index is 10.5. The fraction of sp³-hybridized carbons (Fsp3) is 0.364. The van der Waals surface area contributed by atoms with E-state index in [0.717, 1.165) is 0 Å². The fourth-order valence-corrected chi connectivity index (χ4v) is 4.25. The molecule has 0 aliphatic heterocycles. The van der Waals surface area contributed by atoms with Crippen molar-refractivity contribution in [2.75, 3.05) is 0 Å². The van der Waals surface area contributed by atoms with Gasteiger partial charge in [-0.15, -0.1) is 0 Å². The first-order valence-corrected chi connectivity index (χ1v) is 7.04. The quantitative estimate of drug-likeness (QED) is 0.858. The maximum atomic E-state index is 10.5. The van der Waals surface area contributed by atoms with Crippen LogP contribution in [0.1, 0.15) is 18.9 Å². The molecular formula is C11H14O2Te. The number of carboxylic acid groups (broad SMARTS) is 1. The third-order valence-electron chi connectivity index (χ3n) is 1.88. The van der Waals surface area contributed by atoms with Crippen molar-refractivity contribution in [2.45, 2.75) is 24.2 Å². The van der Waals surface area contributed by atoms with Gasteiger partial charge in [0.2, 0.25) is 0 Å². The van der Waals surface area contributed by atoms with Crippen molar-refractivity contribution in [2.24, 2.45) is 0 Å². The molecule has 14 heavy (non-hydrogen) atoms. The van der Waals surface area contributed by atoms with Gasteiger partial charge in [0, 0.05) is 0 Å². The van der Waals surface area contributed by atoms with Crippen LogP contribution in [0.2, 0.25) is 3.97 Å². The Balaban J connectivity index is 2.60. The van der Waals surface area contributed by atoms with Crippen LogP contribution in [0.25, 0.3) is 0 Å². The number of benzene rings is 1. The molecule has 0 amide bonds. The number of hydrogen-bond donors (Lipinski definition) is 1. The molecule has 76 valence electrons. The molecule has 1 aromatic rings. The number of carboxylic acids is 1. The molecule has 0 aliphatic rings. The molecular weight excluding hydrogens is 292 g/mol. The molecule has 1 atom stereocenters. The molecule has 3 heteroatoms. The van der Waals surface area contributed by atoms with Gasteiger partial charge in [-0.3, -0.25) is 0 Å². The van der Waals surface area contributed by atoms with Crippen LogP contribution < -0.4 is 3.61 Å². The molecule has 0 aliphatic carbocycles. The van der Waals surface area contributed by atoms with Gasteiger partial charge in [-0.1, -0.05) is 0 Å². The average Bonchev–Trinajstić information content (AvgIpc) is 2.07.